The van der Waals surface area contributed by atoms with Crippen molar-refractivity contribution < 1.29 is 14.3 Å². The summed E-state index contributed by atoms with van der Waals surface area (Å²) in [6.07, 6.45) is 0.576. The van der Waals surface area contributed by atoms with Gasteiger partial charge in [0.25, 0.3) is 11.8 Å². The average molecular weight is 455 g/mol. The number of imide groups is 1. The summed E-state index contributed by atoms with van der Waals surface area (Å²) in [5, 5.41) is 0. The predicted octanol–water partition coefficient (Wildman–Crippen LogP) is 5.16. The number of amides is 2. The number of aryl methyl sites for hydroxylation is 2. The number of carbonyl (C=O) groups excluding carboxylic acids is 2. The van der Waals surface area contributed by atoms with Crippen LogP contribution >= 0.6 is 0 Å². The molecule has 5 nitrogen and oxygen atoms in total. The van der Waals surface area contributed by atoms with Crippen molar-refractivity contribution in [2.75, 3.05) is 25.1 Å². The Bertz CT molecular complexity index is 1230. The minimum Gasteiger partial charge on any atom is -0.497 e. The summed E-state index contributed by atoms with van der Waals surface area (Å²) in [4.78, 5) is 30.8. The van der Waals surface area contributed by atoms with E-state index in [2.05, 4.69) is 0 Å². The van der Waals surface area contributed by atoms with Crippen molar-refractivity contribution in [1.29, 1.82) is 0 Å². The van der Waals surface area contributed by atoms with Crippen molar-refractivity contribution in [2.24, 2.45) is 0 Å². The van der Waals surface area contributed by atoms with Gasteiger partial charge < -0.3 is 9.64 Å². The van der Waals surface area contributed by atoms with Crippen molar-refractivity contribution >= 4 is 23.1 Å². The van der Waals surface area contributed by atoms with Crippen molar-refractivity contribution in [3.05, 3.63) is 101 Å². The molecule has 4 rings (SSSR count). The first-order valence-electron chi connectivity index (χ1n) is 11.6. The van der Waals surface area contributed by atoms with E-state index >= 15 is 0 Å². The fraction of sp³-hybridized carbons (Fsp3) is 0.241. The first kappa shape index (κ1) is 23.3. The Labute approximate surface area is 201 Å². The Balaban J connectivity index is 1.72. The molecule has 0 spiro atoms. The minimum absolute atomic E-state index is 0.244. The molecule has 0 atom stereocenters. The molecule has 0 saturated carbocycles. The third-order valence-corrected chi connectivity index (χ3v) is 6.38. The molecule has 0 radical (unpaired) electrons. The van der Waals surface area contributed by atoms with E-state index in [0.717, 1.165) is 33.7 Å². The number of hydrogen-bond donors (Lipinski definition) is 0. The lowest BCUT2D eigenvalue weighted by atomic mass is 9.99. The quantitative estimate of drug-likeness (QED) is 0.441. The molecule has 0 unspecified atom stereocenters. The lowest BCUT2D eigenvalue weighted by molar-refractivity contribution is -0.136. The van der Waals surface area contributed by atoms with Crippen molar-refractivity contribution in [3.63, 3.8) is 0 Å². The molecule has 0 aromatic heterocycles. The van der Waals surface area contributed by atoms with Gasteiger partial charge in [-0.15, -0.1) is 0 Å². The Kier molecular flexibility index (Phi) is 6.82. The number of benzene rings is 3. The molecular weight excluding hydrogens is 424 g/mol. The van der Waals surface area contributed by atoms with E-state index in [1.54, 1.807) is 7.11 Å². The van der Waals surface area contributed by atoms with Crippen molar-refractivity contribution in [2.45, 2.75) is 27.2 Å². The third kappa shape index (κ3) is 4.46. The van der Waals surface area contributed by atoms with E-state index in [9.17, 15) is 9.59 Å². The predicted molar refractivity (Wildman–Crippen MR) is 136 cm³/mol. The molecule has 3 aromatic rings. The van der Waals surface area contributed by atoms with Gasteiger partial charge in [0.15, 0.2) is 0 Å². The van der Waals surface area contributed by atoms with Crippen LogP contribution in [0.15, 0.2) is 78.5 Å². The molecule has 1 aliphatic rings. The van der Waals surface area contributed by atoms with Crippen LogP contribution in [-0.2, 0) is 16.0 Å². The van der Waals surface area contributed by atoms with Crippen LogP contribution in [0, 0.1) is 13.8 Å². The average Bonchev–Trinajstić information content (AvgIpc) is 3.10. The highest BCUT2D eigenvalue weighted by atomic mass is 16.5. The van der Waals surface area contributed by atoms with Crippen molar-refractivity contribution in [3.8, 4) is 5.75 Å². The molecule has 5 heteroatoms. The highest BCUT2D eigenvalue weighted by Crippen LogP contribution is 2.35. The number of ether oxygens (including phenoxy) is 1. The van der Waals surface area contributed by atoms with Gasteiger partial charge in [-0.05, 0) is 73.7 Å². The Morgan fingerprint density at radius 3 is 2.18 bits per heavy atom. The van der Waals surface area contributed by atoms with E-state index in [0.29, 0.717) is 30.8 Å². The molecule has 0 N–H and O–H groups in total. The number of anilines is 1. The van der Waals surface area contributed by atoms with Crippen LogP contribution in [-0.4, -0.2) is 36.9 Å². The zero-order valence-electron chi connectivity index (χ0n) is 20.2. The zero-order valence-corrected chi connectivity index (χ0v) is 20.2. The van der Waals surface area contributed by atoms with Gasteiger partial charge in [0.2, 0.25) is 0 Å². The molecule has 2 amide bonds. The molecule has 0 bridgehead atoms. The topological polar surface area (TPSA) is 49.9 Å². The maximum absolute atomic E-state index is 13.7. The fourth-order valence-corrected chi connectivity index (χ4v) is 4.28. The van der Waals surface area contributed by atoms with Crippen LogP contribution in [0.3, 0.4) is 0 Å². The molecule has 1 aliphatic heterocycles. The molecule has 174 valence electrons. The maximum Gasteiger partial charge on any atom is 0.278 e. The molecule has 0 fully saturated rings. The van der Waals surface area contributed by atoms with Gasteiger partial charge >= 0.3 is 0 Å². The molecule has 0 aliphatic carbocycles. The Hall–Kier alpha value is -3.86. The van der Waals surface area contributed by atoms with Crippen LogP contribution in [0.25, 0.3) is 5.57 Å². The SMILES string of the molecule is CCN(C1=C(c2ccc(C)c(C)c2)C(=O)N(CCc2ccc(OC)cc2)C1=O)c1ccccc1. The number of methoxy groups -OCH3 is 1. The number of rotatable bonds is 8. The highest BCUT2D eigenvalue weighted by molar-refractivity contribution is 6.36. The summed E-state index contributed by atoms with van der Waals surface area (Å²) >= 11 is 0. The van der Waals surface area contributed by atoms with Gasteiger partial charge in [-0.2, -0.15) is 0 Å². The van der Waals surface area contributed by atoms with Crippen LogP contribution in [0.4, 0.5) is 5.69 Å². The van der Waals surface area contributed by atoms with Crippen LogP contribution in [0.5, 0.6) is 5.75 Å². The summed E-state index contributed by atoms with van der Waals surface area (Å²) in [5.74, 6) is 0.281. The van der Waals surface area contributed by atoms with E-state index < -0.39 is 0 Å². The van der Waals surface area contributed by atoms with E-state index in [4.69, 9.17) is 4.74 Å². The maximum atomic E-state index is 13.7. The second-order valence-electron chi connectivity index (χ2n) is 8.46. The third-order valence-electron chi connectivity index (χ3n) is 6.38. The van der Waals surface area contributed by atoms with Crippen LogP contribution < -0.4 is 9.64 Å². The van der Waals surface area contributed by atoms with Crippen molar-refractivity contribution in [1.82, 2.24) is 4.90 Å². The molecular formula is C29H30N2O3. The molecule has 1 heterocycles. The van der Waals surface area contributed by atoms with E-state index in [-0.39, 0.29) is 11.8 Å². The van der Waals surface area contributed by atoms with Gasteiger partial charge in [-0.25, -0.2) is 0 Å². The number of carbonyl (C=O) groups is 2. The van der Waals surface area contributed by atoms with Gasteiger partial charge in [0, 0.05) is 18.8 Å². The van der Waals surface area contributed by atoms with Gasteiger partial charge in [0.05, 0.1) is 12.7 Å². The summed E-state index contributed by atoms with van der Waals surface area (Å²) in [6.45, 7) is 6.94. The minimum atomic E-state index is -0.252. The first-order valence-corrected chi connectivity index (χ1v) is 11.6. The standard InChI is InChI=1S/C29H30N2O3/c1-5-30(24-9-7-6-8-10-24)27-26(23-14-11-20(2)21(3)19-23)28(32)31(29(27)33)18-17-22-12-15-25(34-4)16-13-22/h6-16,19H,5,17-18H2,1-4H3. The number of nitrogens with zero attached hydrogens (tertiary/aromatic N) is 2. The molecule has 3 aromatic carbocycles. The zero-order chi connectivity index (χ0) is 24.2. The fourth-order valence-electron chi connectivity index (χ4n) is 4.28. The molecule has 0 saturated heterocycles. The van der Waals surface area contributed by atoms with E-state index in [1.807, 2.05) is 98.5 Å². The smallest absolute Gasteiger partial charge is 0.278 e. The van der Waals surface area contributed by atoms with Gasteiger partial charge in [-0.1, -0.05) is 48.5 Å². The van der Waals surface area contributed by atoms with Crippen LogP contribution in [0.2, 0.25) is 0 Å². The Morgan fingerprint density at radius 2 is 1.56 bits per heavy atom. The normalized spacial score (nSPS) is 13.6. The second-order valence-corrected chi connectivity index (χ2v) is 8.46. The summed E-state index contributed by atoms with van der Waals surface area (Å²) in [6, 6.07) is 23.4. The van der Waals surface area contributed by atoms with Crippen LogP contribution in [0.1, 0.15) is 29.2 Å². The van der Waals surface area contributed by atoms with E-state index in [1.165, 1.54) is 4.90 Å². The highest BCUT2D eigenvalue weighted by Gasteiger charge is 2.41. The summed E-state index contributed by atoms with van der Waals surface area (Å²) < 4.78 is 5.23. The lowest BCUT2D eigenvalue weighted by Crippen LogP contribution is -2.36. The van der Waals surface area contributed by atoms with Gasteiger partial charge in [-0.3, -0.25) is 14.5 Å². The number of likely N-dealkylation sites (N-methyl/N-ethyl adjacent to an activating group) is 1. The Morgan fingerprint density at radius 1 is 0.853 bits per heavy atom. The molecule has 34 heavy (non-hydrogen) atoms. The monoisotopic (exact) mass is 454 g/mol. The number of para-hydroxylation sites is 1. The number of hydrogen-bond acceptors (Lipinski definition) is 4. The largest absolute Gasteiger partial charge is 0.497 e. The lowest BCUT2D eigenvalue weighted by Gasteiger charge is -2.25. The second kappa shape index (κ2) is 9.96. The summed E-state index contributed by atoms with van der Waals surface area (Å²) in [5.41, 5.74) is 5.85. The first-order chi connectivity index (χ1) is 16.4. The van der Waals surface area contributed by atoms with Gasteiger partial charge in [0.1, 0.15) is 11.4 Å². The summed E-state index contributed by atoms with van der Waals surface area (Å²) in [7, 11) is 1.63.